The molecule has 0 aliphatic heterocycles. The highest BCUT2D eigenvalue weighted by Crippen LogP contribution is 2.36. The Morgan fingerprint density at radius 2 is 1.74 bits per heavy atom. The van der Waals surface area contributed by atoms with Crippen LogP contribution in [0, 0.1) is 11.7 Å². The van der Waals surface area contributed by atoms with Gasteiger partial charge in [0.2, 0.25) is 0 Å². The highest BCUT2D eigenvalue weighted by atomic mass is 19.1. The first-order valence-corrected chi connectivity index (χ1v) is 6.14. The van der Waals surface area contributed by atoms with E-state index in [4.69, 9.17) is 9.47 Å². The zero-order valence-electron chi connectivity index (χ0n) is 12.1. The number of hydrogen-bond acceptors (Lipinski definition) is 4. The number of aliphatic hydroxyl groups is 1. The van der Waals surface area contributed by atoms with E-state index in [-0.39, 0.29) is 24.4 Å². The van der Waals surface area contributed by atoms with Crippen molar-refractivity contribution in [1.29, 1.82) is 0 Å². The molecule has 0 bridgehead atoms. The number of benzene rings is 1. The van der Waals surface area contributed by atoms with E-state index >= 15 is 0 Å². The number of aliphatic hydroxyl groups excluding tert-OH is 1. The Labute approximate surface area is 113 Å². The Balaban J connectivity index is 3.30. The first-order valence-electron chi connectivity index (χ1n) is 6.14. The summed E-state index contributed by atoms with van der Waals surface area (Å²) in [6, 6.07) is 2.71. The molecule has 1 aromatic rings. The van der Waals surface area contributed by atoms with E-state index in [0.717, 1.165) is 0 Å². The second-order valence-corrected chi connectivity index (χ2v) is 4.80. The van der Waals surface area contributed by atoms with Crippen LogP contribution >= 0.6 is 0 Å². The van der Waals surface area contributed by atoms with Crippen LogP contribution < -0.4 is 9.47 Å². The van der Waals surface area contributed by atoms with Gasteiger partial charge in [0.1, 0.15) is 5.82 Å². The third-order valence-corrected chi connectivity index (χ3v) is 3.20. The van der Waals surface area contributed by atoms with Crippen LogP contribution in [0.15, 0.2) is 12.1 Å². The molecule has 0 aliphatic rings. The maximum Gasteiger partial charge on any atom is 0.163 e. The van der Waals surface area contributed by atoms with Gasteiger partial charge < -0.3 is 19.5 Å². The molecule has 4 nitrogen and oxygen atoms in total. The average Bonchev–Trinajstić information content (AvgIpc) is 2.39. The van der Waals surface area contributed by atoms with Gasteiger partial charge >= 0.3 is 0 Å². The van der Waals surface area contributed by atoms with Crippen molar-refractivity contribution >= 4 is 0 Å². The summed E-state index contributed by atoms with van der Waals surface area (Å²) in [5.41, 5.74) is 0.490. The summed E-state index contributed by atoms with van der Waals surface area (Å²) in [5, 5.41) is 9.33. The molecule has 2 unspecified atom stereocenters. The predicted octanol–water partition coefficient (Wildman–Crippen LogP) is 2.07. The maximum absolute atomic E-state index is 14.2. The van der Waals surface area contributed by atoms with Crippen molar-refractivity contribution in [2.45, 2.75) is 13.0 Å². The van der Waals surface area contributed by atoms with E-state index in [1.54, 1.807) is 6.07 Å². The van der Waals surface area contributed by atoms with E-state index in [9.17, 15) is 9.50 Å². The molecule has 0 aliphatic carbocycles. The van der Waals surface area contributed by atoms with Crippen LogP contribution in [0.2, 0.25) is 0 Å². The molecule has 0 saturated carbocycles. The number of rotatable bonds is 6. The van der Waals surface area contributed by atoms with Crippen molar-refractivity contribution in [3.63, 3.8) is 0 Å². The zero-order valence-corrected chi connectivity index (χ0v) is 12.1. The van der Waals surface area contributed by atoms with Crippen LogP contribution in [-0.2, 0) is 0 Å². The molecule has 0 spiro atoms. The topological polar surface area (TPSA) is 41.9 Å². The lowest BCUT2D eigenvalue weighted by molar-refractivity contribution is 0.143. The van der Waals surface area contributed by atoms with Crippen molar-refractivity contribution < 1.29 is 19.0 Å². The summed E-state index contributed by atoms with van der Waals surface area (Å²) in [4.78, 5) is 1.88. The maximum atomic E-state index is 14.2. The minimum atomic E-state index is -0.364. The number of ether oxygens (including phenoxy) is 2. The van der Waals surface area contributed by atoms with Gasteiger partial charge in [0, 0.05) is 24.3 Å². The Bertz CT molecular complexity index is 423. The van der Waals surface area contributed by atoms with E-state index < -0.39 is 0 Å². The highest BCUT2D eigenvalue weighted by Gasteiger charge is 2.25. The third-order valence-electron chi connectivity index (χ3n) is 3.20. The van der Waals surface area contributed by atoms with Gasteiger partial charge in [0.05, 0.1) is 14.2 Å². The second kappa shape index (κ2) is 6.73. The molecule has 2 atom stereocenters. The quantitative estimate of drug-likeness (QED) is 0.860. The van der Waals surface area contributed by atoms with E-state index in [0.29, 0.717) is 17.1 Å². The summed E-state index contributed by atoms with van der Waals surface area (Å²) in [7, 11) is 6.69. The van der Waals surface area contributed by atoms with Crippen LogP contribution in [0.5, 0.6) is 11.5 Å². The number of halogens is 1. The molecule has 1 rings (SSSR count). The predicted molar refractivity (Wildman–Crippen MR) is 72.2 cm³/mol. The van der Waals surface area contributed by atoms with E-state index in [1.165, 1.54) is 20.3 Å². The molecule has 1 N–H and O–H groups in total. The van der Waals surface area contributed by atoms with Crippen LogP contribution in [0.3, 0.4) is 0 Å². The smallest absolute Gasteiger partial charge is 0.163 e. The van der Waals surface area contributed by atoms with Gasteiger partial charge in [-0.05, 0) is 26.1 Å². The monoisotopic (exact) mass is 271 g/mol. The van der Waals surface area contributed by atoms with Crippen molar-refractivity contribution in [2.75, 3.05) is 34.9 Å². The summed E-state index contributed by atoms with van der Waals surface area (Å²) in [6.07, 6.45) is 0. The first kappa shape index (κ1) is 15.7. The number of hydrogen-bond donors (Lipinski definition) is 1. The lowest BCUT2D eigenvalue weighted by atomic mass is 9.93. The van der Waals surface area contributed by atoms with Crippen molar-refractivity contribution in [1.82, 2.24) is 4.90 Å². The van der Waals surface area contributed by atoms with Gasteiger partial charge in [-0.15, -0.1) is 0 Å². The van der Waals surface area contributed by atoms with Gasteiger partial charge in [-0.3, -0.25) is 0 Å². The van der Waals surface area contributed by atoms with Gasteiger partial charge in [-0.2, -0.15) is 0 Å². The Morgan fingerprint density at radius 3 is 2.16 bits per heavy atom. The average molecular weight is 271 g/mol. The Kier molecular flexibility index (Phi) is 5.57. The van der Waals surface area contributed by atoms with Crippen molar-refractivity contribution in [3.05, 3.63) is 23.5 Å². The van der Waals surface area contributed by atoms with Crippen LogP contribution in [0.4, 0.5) is 4.39 Å². The van der Waals surface area contributed by atoms with Crippen LogP contribution in [0.1, 0.15) is 18.5 Å². The summed E-state index contributed by atoms with van der Waals surface area (Å²) >= 11 is 0. The Morgan fingerprint density at radius 1 is 1.21 bits per heavy atom. The summed E-state index contributed by atoms with van der Waals surface area (Å²) in [5.74, 6) is 0.382. The molecule has 1 aromatic carbocycles. The van der Waals surface area contributed by atoms with E-state index in [1.807, 2.05) is 25.9 Å². The summed E-state index contributed by atoms with van der Waals surface area (Å²) in [6.45, 7) is 1.86. The fourth-order valence-corrected chi connectivity index (χ4v) is 2.29. The first-order chi connectivity index (χ1) is 8.96. The largest absolute Gasteiger partial charge is 0.493 e. The molecule has 0 saturated heterocycles. The van der Waals surface area contributed by atoms with Gasteiger partial charge in [0.15, 0.2) is 11.5 Å². The van der Waals surface area contributed by atoms with Gasteiger partial charge in [-0.25, -0.2) is 4.39 Å². The number of methoxy groups -OCH3 is 2. The second-order valence-electron chi connectivity index (χ2n) is 4.80. The molecular formula is C14H22FNO3. The van der Waals surface area contributed by atoms with Gasteiger partial charge in [0.25, 0.3) is 0 Å². The molecule has 19 heavy (non-hydrogen) atoms. The van der Waals surface area contributed by atoms with E-state index in [2.05, 4.69) is 0 Å². The van der Waals surface area contributed by atoms with Gasteiger partial charge in [-0.1, -0.05) is 6.92 Å². The molecule has 0 heterocycles. The molecule has 0 radical (unpaired) electrons. The zero-order chi connectivity index (χ0) is 14.6. The van der Waals surface area contributed by atoms with Crippen molar-refractivity contribution in [2.24, 2.45) is 5.92 Å². The lowest BCUT2D eigenvalue weighted by Gasteiger charge is -2.30. The third kappa shape index (κ3) is 3.36. The Hall–Kier alpha value is -1.33. The molecule has 5 heteroatoms. The summed E-state index contributed by atoms with van der Waals surface area (Å²) < 4.78 is 24.5. The standard InChI is InChI=1S/C14H22FNO3/c1-9(8-17)14(16(2)3)10-6-12(18-4)13(19-5)7-11(10)15/h6-7,9,14,17H,8H2,1-5H3. The SMILES string of the molecule is COc1cc(F)c(C(C(C)CO)N(C)C)cc1OC. The molecular weight excluding hydrogens is 249 g/mol. The highest BCUT2D eigenvalue weighted by molar-refractivity contribution is 5.44. The number of nitrogens with zero attached hydrogens (tertiary/aromatic N) is 1. The lowest BCUT2D eigenvalue weighted by Crippen LogP contribution is -2.28. The molecule has 0 aromatic heterocycles. The van der Waals surface area contributed by atoms with Crippen LogP contribution in [-0.4, -0.2) is 44.9 Å². The van der Waals surface area contributed by atoms with Crippen LogP contribution in [0.25, 0.3) is 0 Å². The fourth-order valence-electron chi connectivity index (χ4n) is 2.29. The normalized spacial score (nSPS) is 14.3. The minimum absolute atomic E-state index is 0.0172. The van der Waals surface area contributed by atoms with Crippen molar-refractivity contribution in [3.8, 4) is 11.5 Å². The minimum Gasteiger partial charge on any atom is -0.493 e. The molecule has 108 valence electrons. The fraction of sp³-hybridized carbons (Fsp3) is 0.571. The molecule has 0 amide bonds. The molecule has 0 fully saturated rings.